The number of nitrogens with one attached hydrogen (secondary N) is 2. The number of hydrogen-bond acceptors (Lipinski definition) is 4. The zero-order valence-corrected chi connectivity index (χ0v) is 13.7. The molecule has 0 aliphatic heterocycles. The van der Waals surface area contributed by atoms with Gasteiger partial charge in [-0.25, -0.2) is 9.97 Å². The lowest BCUT2D eigenvalue weighted by atomic mass is 10.1. The van der Waals surface area contributed by atoms with Crippen LogP contribution < -0.4 is 5.32 Å². The Morgan fingerprint density at radius 1 is 1.20 bits per heavy atom. The van der Waals surface area contributed by atoms with Gasteiger partial charge in [-0.05, 0) is 18.6 Å². The van der Waals surface area contributed by atoms with Crippen molar-refractivity contribution in [1.29, 1.82) is 0 Å². The van der Waals surface area contributed by atoms with Crippen molar-refractivity contribution in [2.75, 3.05) is 5.32 Å². The number of halogens is 4. The number of alkyl halides is 3. The average Bonchev–Trinajstić information content (AvgIpc) is 3.00. The Balaban J connectivity index is 1.96. The van der Waals surface area contributed by atoms with Gasteiger partial charge in [0.25, 0.3) is 0 Å². The van der Waals surface area contributed by atoms with Crippen molar-refractivity contribution < 1.29 is 13.2 Å². The van der Waals surface area contributed by atoms with Crippen molar-refractivity contribution in [3.05, 3.63) is 70.4 Å². The summed E-state index contributed by atoms with van der Waals surface area (Å²) in [5.74, 6) is 1.16. The second-order valence-electron chi connectivity index (χ2n) is 5.32. The summed E-state index contributed by atoms with van der Waals surface area (Å²) in [5, 5.41) is 9.75. The van der Waals surface area contributed by atoms with Crippen LogP contribution in [0.25, 0.3) is 0 Å². The summed E-state index contributed by atoms with van der Waals surface area (Å²) in [5.41, 5.74) is -0.0904. The molecule has 0 aliphatic rings. The van der Waals surface area contributed by atoms with Gasteiger partial charge in [-0.2, -0.15) is 18.3 Å². The molecule has 9 heteroatoms. The third-order valence-electron chi connectivity index (χ3n) is 3.46. The van der Waals surface area contributed by atoms with E-state index in [1.165, 1.54) is 0 Å². The smallest absolute Gasteiger partial charge is 0.355 e. The highest BCUT2D eigenvalue weighted by Crippen LogP contribution is 2.34. The van der Waals surface area contributed by atoms with Crippen LogP contribution in [0.2, 0.25) is 5.02 Å². The normalized spacial score (nSPS) is 12.8. The first-order chi connectivity index (χ1) is 11.8. The molecule has 1 aromatic carbocycles. The van der Waals surface area contributed by atoms with Gasteiger partial charge < -0.3 is 5.32 Å². The van der Waals surface area contributed by atoms with Crippen LogP contribution in [0.5, 0.6) is 0 Å². The second-order valence-corrected chi connectivity index (χ2v) is 5.73. The molecule has 2 heterocycles. The maximum atomic E-state index is 12.8. The molecule has 3 aromatic rings. The first-order valence-corrected chi connectivity index (χ1v) is 7.65. The van der Waals surface area contributed by atoms with Crippen molar-refractivity contribution >= 4 is 17.4 Å². The molecule has 3 rings (SSSR count). The molecule has 0 fully saturated rings. The monoisotopic (exact) mass is 367 g/mol. The van der Waals surface area contributed by atoms with Crippen LogP contribution in [0.15, 0.2) is 42.6 Å². The number of anilines is 1. The van der Waals surface area contributed by atoms with Crippen molar-refractivity contribution in [2.24, 2.45) is 0 Å². The maximum absolute atomic E-state index is 12.8. The summed E-state index contributed by atoms with van der Waals surface area (Å²) in [6, 6.07) is 9.54. The molecule has 25 heavy (non-hydrogen) atoms. The summed E-state index contributed by atoms with van der Waals surface area (Å²) in [7, 11) is 0. The largest absolute Gasteiger partial charge is 0.417 e. The number of hydrogen-bond donors (Lipinski definition) is 2. The van der Waals surface area contributed by atoms with Gasteiger partial charge >= 0.3 is 6.18 Å². The van der Waals surface area contributed by atoms with Crippen molar-refractivity contribution in [3.63, 3.8) is 0 Å². The van der Waals surface area contributed by atoms with Gasteiger partial charge in [0.05, 0.1) is 10.6 Å². The lowest BCUT2D eigenvalue weighted by Crippen LogP contribution is -2.16. The minimum absolute atomic E-state index is 0.117. The molecule has 2 N–H and O–H groups in total. The number of rotatable bonds is 4. The van der Waals surface area contributed by atoms with Gasteiger partial charge in [0.1, 0.15) is 17.7 Å². The van der Waals surface area contributed by atoms with Gasteiger partial charge in [-0.15, -0.1) is 0 Å². The van der Waals surface area contributed by atoms with Crippen LogP contribution in [0.1, 0.15) is 28.8 Å². The lowest BCUT2D eigenvalue weighted by molar-refractivity contribution is -0.137. The number of nitrogens with zero attached hydrogens (tertiary/aromatic N) is 3. The summed E-state index contributed by atoms with van der Waals surface area (Å²) in [4.78, 5) is 8.10. The Bertz CT molecular complexity index is 864. The van der Waals surface area contributed by atoms with E-state index in [0.29, 0.717) is 11.6 Å². The summed E-state index contributed by atoms with van der Waals surface area (Å²) in [6.07, 6.45) is -3.77. The molecule has 5 nitrogen and oxygen atoms in total. The first kappa shape index (κ1) is 17.2. The fourth-order valence-electron chi connectivity index (χ4n) is 2.27. The highest BCUT2D eigenvalue weighted by atomic mass is 35.5. The van der Waals surface area contributed by atoms with Crippen LogP contribution in [-0.4, -0.2) is 20.2 Å². The van der Waals surface area contributed by atoms with Crippen molar-refractivity contribution in [3.8, 4) is 0 Å². The lowest BCUT2D eigenvalue weighted by Gasteiger charge is -2.18. The highest BCUT2D eigenvalue weighted by molar-refractivity contribution is 6.33. The maximum Gasteiger partial charge on any atom is 0.417 e. The molecular formula is C16H13ClF3N5. The van der Waals surface area contributed by atoms with Crippen LogP contribution >= 0.6 is 11.6 Å². The van der Waals surface area contributed by atoms with E-state index in [1.54, 1.807) is 6.92 Å². The number of aromatic amines is 1. The number of H-pyrrole nitrogens is 1. The van der Waals surface area contributed by atoms with E-state index in [9.17, 15) is 13.2 Å². The molecule has 1 atom stereocenters. The molecule has 2 aromatic heterocycles. The summed E-state index contributed by atoms with van der Waals surface area (Å²) in [6.45, 7) is 1.75. The number of aromatic nitrogens is 4. The third-order valence-corrected chi connectivity index (χ3v) is 3.74. The van der Waals surface area contributed by atoms with Crippen LogP contribution in [0.4, 0.5) is 19.0 Å². The van der Waals surface area contributed by atoms with Gasteiger partial charge in [-0.3, -0.25) is 5.10 Å². The topological polar surface area (TPSA) is 66.5 Å². The average molecular weight is 368 g/mol. The standard InChI is InChI=1S/C16H13ClF3N5/c1-9-22-15(25-24-9)13(10-5-3-2-4-6-10)23-14-12(17)7-11(8-21-14)16(18,19)20/h2-8,13H,1H3,(H,21,23)(H,22,24,25). The fraction of sp³-hybridized carbons (Fsp3) is 0.188. The van der Waals surface area contributed by atoms with E-state index in [1.807, 2.05) is 30.3 Å². The van der Waals surface area contributed by atoms with Crippen LogP contribution in [0, 0.1) is 6.92 Å². The van der Waals surface area contributed by atoms with Crippen LogP contribution in [-0.2, 0) is 6.18 Å². The molecule has 0 saturated carbocycles. The molecule has 0 amide bonds. The molecule has 1 unspecified atom stereocenters. The molecule has 0 aliphatic carbocycles. The highest BCUT2D eigenvalue weighted by Gasteiger charge is 2.32. The molecule has 0 bridgehead atoms. The van der Waals surface area contributed by atoms with Gasteiger partial charge in [0.15, 0.2) is 5.82 Å². The minimum atomic E-state index is -4.51. The van der Waals surface area contributed by atoms with Gasteiger partial charge in [0, 0.05) is 6.20 Å². The third kappa shape index (κ3) is 3.90. The predicted octanol–water partition coefficient (Wildman–Crippen LogP) is 4.38. The Hall–Kier alpha value is -2.61. The molecule has 0 radical (unpaired) electrons. The van der Waals surface area contributed by atoms with E-state index in [0.717, 1.165) is 17.8 Å². The van der Waals surface area contributed by atoms with E-state index in [-0.39, 0.29) is 10.8 Å². The molecule has 0 spiro atoms. The van der Waals surface area contributed by atoms with Gasteiger partial charge in [-0.1, -0.05) is 41.9 Å². The molecule has 0 saturated heterocycles. The van der Waals surface area contributed by atoms with E-state index < -0.39 is 17.8 Å². The number of aryl methyl sites for hydroxylation is 1. The van der Waals surface area contributed by atoms with Crippen molar-refractivity contribution in [1.82, 2.24) is 20.2 Å². The van der Waals surface area contributed by atoms with E-state index in [2.05, 4.69) is 25.5 Å². The Morgan fingerprint density at radius 2 is 1.92 bits per heavy atom. The number of benzene rings is 1. The van der Waals surface area contributed by atoms with E-state index in [4.69, 9.17) is 11.6 Å². The van der Waals surface area contributed by atoms with E-state index >= 15 is 0 Å². The predicted molar refractivity (Wildman–Crippen MR) is 87.3 cm³/mol. The Labute approximate surface area is 146 Å². The van der Waals surface area contributed by atoms with Gasteiger partial charge in [0.2, 0.25) is 0 Å². The Kier molecular flexibility index (Phi) is 4.63. The summed E-state index contributed by atoms with van der Waals surface area (Å²) >= 11 is 5.99. The first-order valence-electron chi connectivity index (χ1n) is 7.27. The zero-order valence-electron chi connectivity index (χ0n) is 13.0. The summed E-state index contributed by atoms with van der Waals surface area (Å²) < 4.78 is 38.3. The van der Waals surface area contributed by atoms with Crippen molar-refractivity contribution in [2.45, 2.75) is 19.1 Å². The Morgan fingerprint density at radius 3 is 2.48 bits per heavy atom. The fourth-order valence-corrected chi connectivity index (χ4v) is 2.49. The second kappa shape index (κ2) is 6.72. The molecule has 130 valence electrons. The minimum Gasteiger partial charge on any atom is -0.355 e. The zero-order chi connectivity index (χ0) is 18.0. The van der Waals surface area contributed by atoms with Crippen LogP contribution in [0.3, 0.4) is 0 Å². The SMILES string of the molecule is Cc1nc(C(Nc2ncc(C(F)(F)F)cc2Cl)c2ccccc2)n[nH]1. The quantitative estimate of drug-likeness (QED) is 0.718. The number of pyridine rings is 1. The molecular weight excluding hydrogens is 355 g/mol.